The summed E-state index contributed by atoms with van der Waals surface area (Å²) in [6.07, 6.45) is 1.71. The molecule has 0 saturated carbocycles. The summed E-state index contributed by atoms with van der Waals surface area (Å²) in [5.41, 5.74) is 1.94. The summed E-state index contributed by atoms with van der Waals surface area (Å²) < 4.78 is 8.91. The molecule has 6 heteroatoms. The number of fused-ring (bicyclic) bond motifs is 1. The van der Waals surface area contributed by atoms with Crippen molar-refractivity contribution in [3.8, 4) is 11.5 Å². The molecule has 0 amide bonds. The molecule has 0 radical (unpaired) electrons. The van der Waals surface area contributed by atoms with Crippen molar-refractivity contribution in [2.24, 2.45) is 7.05 Å². The van der Waals surface area contributed by atoms with Crippen LogP contribution in [0.5, 0.6) is 0 Å². The summed E-state index contributed by atoms with van der Waals surface area (Å²) in [7, 11) is 3.61. The van der Waals surface area contributed by atoms with E-state index in [1.807, 2.05) is 40.6 Å². The minimum atomic E-state index is 0.621. The fourth-order valence-corrected chi connectivity index (χ4v) is 2.17. The van der Waals surface area contributed by atoms with E-state index in [1.165, 1.54) is 0 Å². The van der Waals surface area contributed by atoms with Gasteiger partial charge in [-0.15, -0.1) is 10.2 Å². The molecule has 19 heavy (non-hydrogen) atoms. The van der Waals surface area contributed by atoms with Crippen LogP contribution in [0, 0.1) is 0 Å². The highest BCUT2D eigenvalue weighted by Gasteiger charge is 2.15. The molecular weight excluding hydrogens is 242 g/mol. The van der Waals surface area contributed by atoms with E-state index in [2.05, 4.69) is 15.3 Å². The van der Waals surface area contributed by atoms with Gasteiger partial charge in [-0.25, -0.2) is 0 Å². The number of ether oxygens (including phenoxy) is 1. The highest BCUT2D eigenvalue weighted by Crippen LogP contribution is 2.25. The molecular formula is C13H15N5O. The topological polar surface area (TPSA) is 57.8 Å². The van der Waals surface area contributed by atoms with Crippen LogP contribution in [0.25, 0.3) is 22.4 Å². The van der Waals surface area contributed by atoms with E-state index in [9.17, 15) is 0 Å². The van der Waals surface area contributed by atoms with Crippen LogP contribution in [0.2, 0.25) is 0 Å². The van der Waals surface area contributed by atoms with E-state index in [4.69, 9.17) is 4.74 Å². The Morgan fingerprint density at radius 2 is 2.11 bits per heavy atom. The van der Waals surface area contributed by atoms with E-state index in [1.54, 1.807) is 13.4 Å². The van der Waals surface area contributed by atoms with Gasteiger partial charge in [-0.1, -0.05) is 18.2 Å². The Hall–Kier alpha value is -2.21. The molecule has 0 aliphatic rings. The van der Waals surface area contributed by atoms with Gasteiger partial charge in [-0.3, -0.25) is 4.68 Å². The van der Waals surface area contributed by atoms with E-state index >= 15 is 0 Å². The zero-order valence-corrected chi connectivity index (χ0v) is 10.9. The van der Waals surface area contributed by atoms with Crippen molar-refractivity contribution in [2.45, 2.75) is 6.54 Å². The molecule has 6 nitrogen and oxygen atoms in total. The third-order valence-corrected chi connectivity index (χ3v) is 3.12. The normalized spacial score (nSPS) is 11.3. The first-order valence-electron chi connectivity index (χ1n) is 6.10. The van der Waals surface area contributed by atoms with Crippen LogP contribution in [0.15, 0.2) is 30.6 Å². The van der Waals surface area contributed by atoms with Crippen molar-refractivity contribution >= 4 is 10.9 Å². The van der Waals surface area contributed by atoms with Crippen molar-refractivity contribution < 1.29 is 4.74 Å². The lowest BCUT2D eigenvalue weighted by atomic mass is 10.2. The van der Waals surface area contributed by atoms with Crippen LogP contribution in [-0.4, -0.2) is 38.3 Å². The Bertz CT molecular complexity index is 700. The summed E-state index contributed by atoms with van der Waals surface area (Å²) in [4.78, 5) is 0. The van der Waals surface area contributed by atoms with E-state index < -0.39 is 0 Å². The summed E-state index contributed by atoms with van der Waals surface area (Å²) in [5, 5.41) is 13.8. The molecule has 2 heterocycles. The minimum Gasteiger partial charge on any atom is -0.383 e. The summed E-state index contributed by atoms with van der Waals surface area (Å²) in [6, 6.07) is 8.10. The number of benzene rings is 1. The maximum Gasteiger partial charge on any atom is 0.185 e. The van der Waals surface area contributed by atoms with Crippen LogP contribution in [0.4, 0.5) is 0 Å². The highest BCUT2D eigenvalue weighted by molar-refractivity contribution is 5.91. The third-order valence-electron chi connectivity index (χ3n) is 3.12. The van der Waals surface area contributed by atoms with Gasteiger partial charge in [0.2, 0.25) is 0 Å². The van der Waals surface area contributed by atoms with Gasteiger partial charge in [0.15, 0.2) is 5.82 Å². The number of nitrogens with zero attached hydrogens (tertiary/aromatic N) is 5. The van der Waals surface area contributed by atoms with Gasteiger partial charge < -0.3 is 9.30 Å². The monoisotopic (exact) mass is 257 g/mol. The number of aryl methyl sites for hydroxylation is 1. The molecule has 0 unspecified atom stereocenters. The molecule has 0 atom stereocenters. The number of hydrogen-bond acceptors (Lipinski definition) is 4. The second-order valence-electron chi connectivity index (χ2n) is 4.33. The molecule has 0 saturated heterocycles. The lowest BCUT2D eigenvalue weighted by Gasteiger charge is -2.03. The zero-order valence-electron chi connectivity index (χ0n) is 10.9. The van der Waals surface area contributed by atoms with E-state index in [0.29, 0.717) is 13.2 Å². The fraction of sp³-hybridized carbons (Fsp3) is 0.308. The Balaban J connectivity index is 2.12. The lowest BCUT2D eigenvalue weighted by Crippen LogP contribution is -2.05. The first kappa shape index (κ1) is 11.9. The van der Waals surface area contributed by atoms with Crippen LogP contribution in [-0.2, 0) is 18.3 Å². The smallest absolute Gasteiger partial charge is 0.185 e. The zero-order chi connectivity index (χ0) is 13.2. The largest absolute Gasteiger partial charge is 0.383 e. The maximum absolute atomic E-state index is 5.10. The second-order valence-corrected chi connectivity index (χ2v) is 4.33. The van der Waals surface area contributed by atoms with Gasteiger partial charge in [0.25, 0.3) is 0 Å². The first-order chi connectivity index (χ1) is 9.31. The number of aromatic nitrogens is 5. The van der Waals surface area contributed by atoms with Gasteiger partial charge in [-0.05, 0) is 6.07 Å². The summed E-state index contributed by atoms with van der Waals surface area (Å²) >= 11 is 0. The molecule has 98 valence electrons. The predicted octanol–water partition coefficient (Wildman–Crippen LogP) is 1.48. The average Bonchev–Trinajstić information content (AvgIpc) is 3.02. The average molecular weight is 257 g/mol. The first-order valence-corrected chi connectivity index (χ1v) is 6.10. The molecule has 0 aliphatic heterocycles. The molecule has 1 aromatic carbocycles. The maximum atomic E-state index is 5.10. The third kappa shape index (κ3) is 2.00. The number of methoxy groups -OCH3 is 1. The fourth-order valence-electron chi connectivity index (χ4n) is 2.17. The molecule has 0 spiro atoms. The van der Waals surface area contributed by atoms with Crippen molar-refractivity contribution in [3.63, 3.8) is 0 Å². The molecule has 3 aromatic rings. The minimum absolute atomic E-state index is 0.621. The Morgan fingerprint density at radius 1 is 1.26 bits per heavy atom. The van der Waals surface area contributed by atoms with Gasteiger partial charge >= 0.3 is 0 Å². The number of rotatable bonds is 4. The van der Waals surface area contributed by atoms with Crippen molar-refractivity contribution in [2.75, 3.05) is 13.7 Å². The van der Waals surface area contributed by atoms with Crippen molar-refractivity contribution in [1.29, 1.82) is 0 Å². The standard InChI is InChI=1S/C13H15N5O/c1-17-11-6-4-3-5-10(11)12(16-17)13-15-14-9-18(13)7-8-19-2/h3-6,9H,7-8H2,1-2H3. The molecule has 2 aromatic heterocycles. The van der Waals surface area contributed by atoms with Gasteiger partial charge in [0.1, 0.15) is 12.0 Å². The number of para-hydroxylation sites is 1. The van der Waals surface area contributed by atoms with Crippen molar-refractivity contribution in [1.82, 2.24) is 24.5 Å². The van der Waals surface area contributed by atoms with Gasteiger partial charge in [-0.2, -0.15) is 5.10 Å². The molecule has 0 bridgehead atoms. The number of hydrogen-bond donors (Lipinski definition) is 0. The molecule has 0 fully saturated rings. The Labute approximate surface area is 110 Å². The molecule has 0 N–H and O–H groups in total. The summed E-state index contributed by atoms with van der Waals surface area (Å²) in [6.45, 7) is 1.33. The summed E-state index contributed by atoms with van der Waals surface area (Å²) in [5.74, 6) is 0.772. The molecule has 3 rings (SSSR count). The Kier molecular flexibility index (Phi) is 3.00. The lowest BCUT2D eigenvalue weighted by molar-refractivity contribution is 0.187. The van der Waals surface area contributed by atoms with Crippen molar-refractivity contribution in [3.05, 3.63) is 30.6 Å². The Morgan fingerprint density at radius 3 is 2.95 bits per heavy atom. The second kappa shape index (κ2) is 4.81. The SMILES string of the molecule is COCCn1cnnc1-c1nn(C)c2ccccc12. The predicted molar refractivity (Wildman–Crippen MR) is 71.6 cm³/mol. The van der Waals surface area contributed by atoms with Gasteiger partial charge in [0.05, 0.1) is 12.1 Å². The van der Waals surface area contributed by atoms with E-state index in [0.717, 1.165) is 22.4 Å². The van der Waals surface area contributed by atoms with Crippen LogP contribution >= 0.6 is 0 Å². The van der Waals surface area contributed by atoms with Crippen LogP contribution < -0.4 is 0 Å². The quantitative estimate of drug-likeness (QED) is 0.710. The highest BCUT2D eigenvalue weighted by atomic mass is 16.5. The van der Waals surface area contributed by atoms with Gasteiger partial charge in [0, 0.05) is 26.1 Å². The van der Waals surface area contributed by atoms with Crippen LogP contribution in [0.3, 0.4) is 0 Å². The molecule has 0 aliphatic carbocycles. The van der Waals surface area contributed by atoms with E-state index in [-0.39, 0.29) is 0 Å². The van der Waals surface area contributed by atoms with Crippen LogP contribution in [0.1, 0.15) is 0 Å².